The average molecular weight is 379 g/mol. The zero-order valence-corrected chi connectivity index (χ0v) is 15.7. The van der Waals surface area contributed by atoms with Crippen molar-refractivity contribution in [3.8, 4) is 5.82 Å². The zero-order valence-electron chi connectivity index (χ0n) is 14.9. The first-order chi connectivity index (χ1) is 13.2. The molecule has 0 atom stereocenters. The standard InChI is InChI=1S/C19H17N5O2S/c1-3-16-22-23-17(26-16)11-27-19-21-14-7-5-4-6-13(14)18(25)24(19)15-10-12(2)8-9-20-15/h4-10H,3,11H2,1-2H3. The van der Waals surface area contributed by atoms with Gasteiger partial charge in [0, 0.05) is 12.6 Å². The molecule has 0 N–H and O–H groups in total. The molecule has 7 nitrogen and oxygen atoms in total. The normalized spacial score (nSPS) is 11.2. The summed E-state index contributed by atoms with van der Waals surface area (Å²) >= 11 is 1.37. The number of aromatic nitrogens is 5. The van der Waals surface area contributed by atoms with Crippen molar-refractivity contribution in [3.63, 3.8) is 0 Å². The van der Waals surface area contributed by atoms with E-state index in [0.29, 0.717) is 45.8 Å². The van der Waals surface area contributed by atoms with E-state index >= 15 is 0 Å². The number of hydrogen-bond acceptors (Lipinski definition) is 7. The maximum absolute atomic E-state index is 13.1. The molecule has 0 amide bonds. The van der Waals surface area contributed by atoms with Gasteiger partial charge in [-0.05, 0) is 36.8 Å². The summed E-state index contributed by atoms with van der Waals surface area (Å²) in [5, 5.41) is 9.10. The molecule has 136 valence electrons. The van der Waals surface area contributed by atoms with Gasteiger partial charge in [-0.1, -0.05) is 30.8 Å². The van der Waals surface area contributed by atoms with E-state index in [1.165, 1.54) is 16.3 Å². The van der Waals surface area contributed by atoms with Crippen LogP contribution in [0.25, 0.3) is 16.7 Å². The molecule has 0 radical (unpaired) electrons. The summed E-state index contributed by atoms with van der Waals surface area (Å²) < 4.78 is 7.10. The van der Waals surface area contributed by atoms with Gasteiger partial charge in [0.15, 0.2) is 5.16 Å². The van der Waals surface area contributed by atoms with Crippen LogP contribution < -0.4 is 5.56 Å². The van der Waals surface area contributed by atoms with Crippen LogP contribution in [0.4, 0.5) is 0 Å². The summed E-state index contributed by atoms with van der Waals surface area (Å²) in [7, 11) is 0. The number of para-hydroxylation sites is 1. The number of fused-ring (bicyclic) bond motifs is 1. The minimum absolute atomic E-state index is 0.152. The van der Waals surface area contributed by atoms with Crippen LogP contribution in [0.1, 0.15) is 24.3 Å². The molecule has 0 aliphatic carbocycles. The number of hydrogen-bond donors (Lipinski definition) is 0. The molecule has 1 aromatic carbocycles. The maximum Gasteiger partial charge on any atom is 0.267 e. The molecule has 3 aromatic heterocycles. The van der Waals surface area contributed by atoms with E-state index < -0.39 is 0 Å². The van der Waals surface area contributed by atoms with Crippen molar-refractivity contribution in [2.24, 2.45) is 0 Å². The van der Waals surface area contributed by atoms with Gasteiger partial charge in [-0.2, -0.15) is 0 Å². The largest absolute Gasteiger partial charge is 0.424 e. The third kappa shape index (κ3) is 3.48. The zero-order chi connectivity index (χ0) is 18.8. The Kier molecular flexibility index (Phi) is 4.72. The Bertz CT molecular complexity index is 1170. The van der Waals surface area contributed by atoms with Crippen molar-refractivity contribution in [1.82, 2.24) is 24.7 Å². The molecule has 4 aromatic rings. The quantitative estimate of drug-likeness (QED) is 0.388. The molecule has 4 rings (SSSR count). The smallest absolute Gasteiger partial charge is 0.267 e. The maximum atomic E-state index is 13.1. The number of thioether (sulfide) groups is 1. The fraction of sp³-hybridized carbons (Fsp3) is 0.211. The predicted octanol–water partition coefficient (Wildman–Crippen LogP) is 3.33. The lowest BCUT2D eigenvalue weighted by Crippen LogP contribution is -2.22. The number of aryl methyl sites for hydroxylation is 2. The minimum atomic E-state index is -0.152. The lowest BCUT2D eigenvalue weighted by Gasteiger charge is -2.12. The van der Waals surface area contributed by atoms with Gasteiger partial charge in [-0.25, -0.2) is 14.5 Å². The Morgan fingerprint density at radius 2 is 1.96 bits per heavy atom. The highest BCUT2D eigenvalue weighted by Crippen LogP contribution is 2.24. The van der Waals surface area contributed by atoms with Gasteiger partial charge >= 0.3 is 0 Å². The second-order valence-electron chi connectivity index (χ2n) is 5.98. The highest BCUT2D eigenvalue weighted by molar-refractivity contribution is 7.98. The molecule has 0 bridgehead atoms. The van der Waals surface area contributed by atoms with Crippen molar-refractivity contribution in [3.05, 3.63) is 70.3 Å². The summed E-state index contributed by atoms with van der Waals surface area (Å²) in [4.78, 5) is 22.2. The molecule has 0 saturated carbocycles. The fourth-order valence-electron chi connectivity index (χ4n) is 2.67. The molecule has 0 spiro atoms. The molecule has 0 saturated heterocycles. The van der Waals surface area contributed by atoms with Crippen LogP contribution in [0.5, 0.6) is 0 Å². The molecule has 0 unspecified atom stereocenters. The Labute approximate surface area is 159 Å². The van der Waals surface area contributed by atoms with Crippen LogP contribution in [-0.2, 0) is 12.2 Å². The van der Waals surface area contributed by atoms with Crippen molar-refractivity contribution in [2.75, 3.05) is 0 Å². The first-order valence-electron chi connectivity index (χ1n) is 8.54. The number of rotatable bonds is 5. The van der Waals surface area contributed by atoms with Gasteiger partial charge in [-0.3, -0.25) is 4.79 Å². The Morgan fingerprint density at radius 1 is 1.15 bits per heavy atom. The third-order valence-corrected chi connectivity index (χ3v) is 4.93. The van der Waals surface area contributed by atoms with Gasteiger partial charge in [-0.15, -0.1) is 10.2 Å². The van der Waals surface area contributed by atoms with Crippen LogP contribution in [-0.4, -0.2) is 24.7 Å². The molecule has 0 aliphatic rings. The monoisotopic (exact) mass is 379 g/mol. The Hall–Kier alpha value is -3.00. The summed E-state index contributed by atoms with van der Waals surface area (Å²) in [5.41, 5.74) is 1.51. The lowest BCUT2D eigenvalue weighted by atomic mass is 10.2. The van der Waals surface area contributed by atoms with E-state index in [4.69, 9.17) is 4.42 Å². The topological polar surface area (TPSA) is 86.7 Å². The molecule has 8 heteroatoms. The molecule has 27 heavy (non-hydrogen) atoms. The number of pyridine rings is 1. The van der Waals surface area contributed by atoms with E-state index in [2.05, 4.69) is 20.2 Å². The van der Waals surface area contributed by atoms with Crippen LogP contribution in [0.3, 0.4) is 0 Å². The molecule has 0 aliphatic heterocycles. The van der Waals surface area contributed by atoms with E-state index in [9.17, 15) is 4.79 Å². The lowest BCUT2D eigenvalue weighted by molar-refractivity contribution is 0.469. The van der Waals surface area contributed by atoms with Gasteiger partial charge in [0.1, 0.15) is 5.82 Å². The average Bonchev–Trinajstić information content (AvgIpc) is 3.14. The summed E-state index contributed by atoms with van der Waals surface area (Å²) in [6, 6.07) is 11.1. The van der Waals surface area contributed by atoms with Crippen LogP contribution in [0.15, 0.2) is 57.0 Å². The van der Waals surface area contributed by atoms with Crippen molar-refractivity contribution in [1.29, 1.82) is 0 Å². The van der Waals surface area contributed by atoms with E-state index in [0.717, 1.165) is 5.56 Å². The van der Waals surface area contributed by atoms with Crippen molar-refractivity contribution >= 4 is 22.7 Å². The van der Waals surface area contributed by atoms with Crippen LogP contribution >= 0.6 is 11.8 Å². The van der Waals surface area contributed by atoms with E-state index in [1.54, 1.807) is 12.3 Å². The highest BCUT2D eigenvalue weighted by Gasteiger charge is 2.15. The fourth-order valence-corrected chi connectivity index (χ4v) is 3.51. The third-order valence-electron chi connectivity index (χ3n) is 4.01. The first kappa shape index (κ1) is 17.4. The van der Waals surface area contributed by atoms with E-state index in [-0.39, 0.29) is 5.56 Å². The predicted molar refractivity (Wildman–Crippen MR) is 103 cm³/mol. The van der Waals surface area contributed by atoms with Crippen LogP contribution in [0, 0.1) is 6.92 Å². The summed E-state index contributed by atoms with van der Waals surface area (Å²) in [6.45, 7) is 3.92. The van der Waals surface area contributed by atoms with Crippen molar-refractivity contribution in [2.45, 2.75) is 31.2 Å². The second-order valence-corrected chi connectivity index (χ2v) is 6.92. The Balaban J connectivity index is 1.82. The molecular weight excluding hydrogens is 362 g/mol. The van der Waals surface area contributed by atoms with Gasteiger partial charge < -0.3 is 4.42 Å². The Morgan fingerprint density at radius 3 is 2.74 bits per heavy atom. The number of nitrogens with zero attached hydrogens (tertiary/aromatic N) is 5. The highest BCUT2D eigenvalue weighted by atomic mass is 32.2. The number of benzene rings is 1. The SMILES string of the molecule is CCc1nnc(CSc2nc3ccccc3c(=O)n2-c2cc(C)ccn2)o1. The molecule has 3 heterocycles. The molecule has 0 fully saturated rings. The van der Waals surface area contributed by atoms with Gasteiger partial charge in [0.2, 0.25) is 11.8 Å². The van der Waals surface area contributed by atoms with Gasteiger partial charge in [0.25, 0.3) is 5.56 Å². The summed E-state index contributed by atoms with van der Waals surface area (Å²) in [6.07, 6.45) is 2.37. The second kappa shape index (κ2) is 7.32. The first-order valence-corrected chi connectivity index (χ1v) is 9.53. The minimum Gasteiger partial charge on any atom is -0.424 e. The van der Waals surface area contributed by atoms with Crippen molar-refractivity contribution < 1.29 is 4.42 Å². The van der Waals surface area contributed by atoms with Gasteiger partial charge in [0.05, 0.1) is 16.7 Å². The van der Waals surface area contributed by atoms with Crippen LogP contribution in [0.2, 0.25) is 0 Å². The van der Waals surface area contributed by atoms with E-state index in [1.807, 2.05) is 44.2 Å². The molecular formula is C19H17N5O2S. The summed E-state index contributed by atoms with van der Waals surface area (Å²) in [5.74, 6) is 2.06.